The number of aliphatic hydroxyl groups excluding tert-OH is 1. The van der Waals surface area contributed by atoms with Crippen molar-refractivity contribution in [1.29, 1.82) is 0 Å². The normalized spacial score (nSPS) is 30.7. The minimum Gasteiger partial charge on any atom is -0.493 e. The van der Waals surface area contributed by atoms with E-state index in [1.807, 2.05) is 12.1 Å². The topological polar surface area (TPSA) is 62.2 Å². The lowest BCUT2D eigenvalue weighted by atomic mass is 9.82. The fraction of sp³-hybridized carbons (Fsp3) is 0.696. The van der Waals surface area contributed by atoms with Crippen LogP contribution in [-0.4, -0.2) is 65.8 Å². The zero-order valence-corrected chi connectivity index (χ0v) is 17.7. The summed E-state index contributed by atoms with van der Waals surface area (Å²) >= 11 is 0. The largest absolute Gasteiger partial charge is 0.493 e. The number of carbonyl (C=O) groups is 1. The molecular weight excluding hydrogens is 368 g/mol. The Morgan fingerprint density at radius 2 is 1.79 bits per heavy atom. The van der Waals surface area contributed by atoms with Crippen molar-refractivity contribution in [2.24, 2.45) is 0 Å². The van der Waals surface area contributed by atoms with Crippen molar-refractivity contribution in [2.75, 3.05) is 27.3 Å². The Hall–Kier alpha value is -1.79. The van der Waals surface area contributed by atoms with Gasteiger partial charge in [-0.1, -0.05) is 12.1 Å². The van der Waals surface area contributed by atoms with Gasteiger partial charge in [0.2, 0.25) is 5.91 Å². The maximum Gasteiger partial charge on any atom is 0.243 e. The molecule has 1 spiro atoms. The number of carbonyl (C=O) groups excluding carboxylic acids is 1. The van der Waals surface area contributed by atoms with Crippen molar-refractivity contribution >= 4 is 5.91 Å². The molecule has 1 atom stereocenters. The number of methoxy groups -OCH3 is 2. The Balaban J connectivity index is 1.56. The summed E-state index contributed by atoms with van der Waals surface area (Å²) in [7, 11) is 3.33. The maximum atomic E-state index is 13.8. The molecule has 1 aromatic carbocycles. The summed E-state index contributed by atoms with van der Waals surface area (Å²) in [4.78, 5) is 18.3. The predicted octanol–water partition coefficient (Wildman–Crippen LogP) is 2.96. The molecule has 1 aromatic rings. The van der Waals surface area contributed by atoms with E-state index in [9.17, 15) is 9.90 Å². The van der Waals surface area contributed by atoms with Gasteiger partial charge >= 0.3 is 0 Å². The van der Waals surface area contributed by atoms with Crippen LogP contribution in [0.15, 0.2) is 18.2 Å². The smallest absolute Gasteiger partial charge is 0.243 e. The summed E-state index contributed by atoms with van der Waals surface area (Å²) in [5, 5.41) is 9.86. The first kappa shape index (κ1) is 20.5. The molecule has 0 bridgehead atoms. The second-order valence-electron chi connectivity index (χ2n) is 8.77. The summed E-state index contributed by atoms with van der Waals surface area (Å²) in [6.07, 6.45) is 7.25. The van der Waals surface area contributed by atoms with Crippen LogP contribution in [0.25, 0.3) is 0 Å². The predicted molar refractivity (Wildman–Crippen MR) is 111 cm³/mol. The van der Waals surface area contributed by atoms with E-state index in [1.54, 1.807) is 14.2 Å². The number of rotatable bonds is 5. The van der Waals surface area contributed by atoms with Crippen molar-refractivity contribution in [3.05, 3.63) is 23.8 Å². The van der Waals surface area contributed by atoms with Gasteiger partial charge in [0.05, 0.1) is 20.3 Å². The van der Waals surface area contributed by atoms with E-state index in [4.69, 9.17) is 9.47 Å². The molecule has 0 radical (unpaired) electrons. The molecule has 1 saturated carbocycles. The molecule has 1 unspecified atom stereocenters. The Morgan fingerprint density at radius 1 is 1.07 bits per heavy atom. The quantitative estimate of drug-likeness (QED) is 0.820. The number of piperidine rings is 1. The van der Waals surface area contributed by atoms with Gasteiger partial charge in [-0.25, -0.2) is 0 Å². The maximum absolute atomic E-state index is 13.8. The van der Waals surface area contributed by atoms with Crippen LogP contribution in [0.1, 0.15) is 56.9 Å². The van der Waals surface area contributed by atoms with Crippen LogP contribution >= 0.6 is 0 Å². The van der Waals surface area contributed by atoms with Crippen LogP contribution < -0.4 is 9.47 Å². The third-order valence-corrected chi connectivity index (χ3v) is 7.22. The SMILES string of the molecule is COc1cccc(CN2CCCC23CCCN(C2CCC(O)CC2)C3=O)c1OC. The standard InChI is InChI=1S/C23H34N2O4/c1-28-20-7-3-6-17(21(20)29-2)16-24-14-4-12-23(24)13-5-15-25(22(23)27)18-8-10-19(26)11-9-18/h3,6-7,18-19,26H,4-5,8-16H2,1-2H3. The van der Waals surface area contributed by atoms with Crippen LogP contribution in [-0.2, 0) is 11.3 Å². The molecule has 4 rings (SSSR count). The molecule has 3 fully saturated rings. The number of hydrogen-bond donors (Lipinski definition) is 1. The molecular formula is C23H34N2O4. The lowest BCUT2D eigenvalue weighted by molar-refractivity contribution is -0.152. The second-order valence-corrected chi connectivity index (χ2v) is 8.77. The average Bonchev–Trinajstić information content (AvgIpc) is 3.13. The molecule has 160 valence electrons. The summed E-state index contributed by atoms with van der Waals surface area (Å²) < 4.78 is 11.1. The Kier molecular flexibility index (Phi) is 6.02. The molecule has 0 aromatic heterocycles. The van der Waals surface area contributed by atoms with Gasteiger partial charge in [0.25, 0.3) is 0 Å². The molecule has 1 amide bonds. The number of para-hydroxylation sites is 1. The Labute approximate surface area is 173 Å². The molecule has 3 aliphatic rings. The summed E-state index contributed by atoms with van der Waals surface area (Å²) in [6.45, 7) is 2.49. The molecule has 2 heterocycles. The highest BCUT2D eigenvalue weighted by Gasteiger charge is 2.52. The zero-order chi connectivity index (χ0) is 20.4. The van der Waals surface area contributed by atoms with Gasteiger partial charge in [-0.3, -0.25) is 9.69 Å². The lowest BCUT2D eigenvalue weighted by Gasteiger charge is -2.48. The van der Waals surface area contributed by atoms with E-state index < -0.39 is 0 Å². The van der Waals surface area contributed by atoms with Crippen molar-refractivity contribution < 1.29 is 19.4 Å². The van der Waals surface area contributed by atoms with Crippen LogP contribution in [0.3, 0.4) is 0 Å². The highest BCUT2D eigenvalue weighted by molar-refractivity contribution is 5.88. The number of benzene rings is 1. The summed E-state index contributed by atoms with van der Waals surface area (Å²) in [6, 6.07) is 6.26. The fourth-order valence-electron chi connectivity index (χ4n) is 5.71. The first-order chi connectivity index (χ1) is 14.1. The first-order valence-corrected chi connectivity index (χ1v) is 11.0. The van der Waals surface area contributed by atoms with Gasteiger partial charge in [-0.15, -0.1) is 0 Å². The first-order valence-electron chi connectivity index (χ1n) is 11.0. The van der Waals surface area contributed by atoms with Crippen LogP contribution in [0.5, 0.6) is 11.5 Å². The van der Waals surface area contributed by atoms with Gasteiger partial charge in [-0.2, -0.15) is 0 Å². The molecule has 29 heavy (non-hydrogen) atoms. The van der Waals surface area contributed by atoms with Gasteiger partial charge in [0.1, 0.15) is 5.54 Å². The van der Waals surface area contributed by atoms with E-state index in [2.05, 4.69) is 15.9 Å². The molecule has 6 heteroatoms. The third kappa shape index (κ3) is 3.73. The van der Waals surface area contributed by atoms with Gasteiger partial charge < -0.3 is 19.5 Å². The number of nitrogens with zero attached hydrogens (tertiary/aromatic N) is 2. The highest BCUT2D eigenvalue weighted by Crippen LogP contribution is 2.42. The fourth-order valence-corrected chi connectivity index (χ4v) is 5.71. The number of likely N-dealkylation sites (tertiary alicyclic amines) is 2. The van der Waals surface area contributed by atoms with E-state index in [1.165, 1.54) is 0 Å². The highest BCUT2D eigenvalue weighted by atomic mass is 16.5. The van der Waals surface area contributed by atoms with Crippen LogP contribution in [0, 0.1) is 0 Å². The summed E-state index contributed by atoms with van der Waals surface area (Å²) in [5.74, 6) is 1.80. The minimum absolute atomic E-state index is 0.191. The Bertz CT molecular complexity index is 732. The van der Waals surface area contributed by atoms with Crippen molar-refractivity contribution in [1.82, 2.24) is 9.80 Å². The second kappa shape index (κ2) is 8.52. The average molecular weight is 403 g/mol. The van der Waals surface area contributed by atoms with E-state index in [-0.39, 0.29) is 17.7 Å². The Morgan fingerprint density at radius 3 is 2.48 bits per heavy atom. The van der Waals surface area contributed by atoms with Crippen LogP contribution in [0.4, 0.5) is 0 Å². The lowest BCUT2D eigenvalue weighted by Crippen LogP contribution is -2.62. The van der Waals surface area contributed by atoms with Gasteiger partial charge in [-0.05, 0) is 64.0 Å². The third-order valence-electron chi connectivity index (χ3n) is 7.22. The number of aliphatic hydroxyl groups is 1. The molecule has 6 nitrogen and oxygen atoms in total. The van der Waals surface area contributed by atoms with Crippen molar-refractivity contribution in [2.45, 2.75) is 75.6 Å². The van der Waals surface area contributed by atoms with Gasteiger partial charge in [0, 0.05) is 24.7 Å². The number of ether oxygens (including phenoxy) is 2. The summed E-state index contributed by atoms with van der Waals surface area (Å²) in [5.41, 5.74) is 0.682. The zero-order valence-electron chi connectivity index (χ0n) is 17.7. The number of hydrogen-bond acceptors (Lipinski definition) is 5. The van der Waals surface area contributed by atoms with Crippen molar-refractivity contribution in [3.63, 3.8) is 0 Å². The minimum atomic E-state index is -0.387. The molecule has 1 N–H and O–H groups in total. The van der Waals surface area contributed by atoms with E-state index >= 15 is 0 Å². The van der Waals surface area contributed by atoms with Crippen LogP contribution in [0.2, 0.25) is 0 Å². The monoisotopic (exact) mass is 402 g/mol. The molecule has 1 aliphatic carbocycles. The molecule has 2 aliphatic heterocycles. The molecule has 2 saturated heterocycles. The van der Waals surface area contributed by atoms with E-state index in [0.29, 0.717) is 12.5 Å². The number of amides is 1. The van der Waals surface area contributed by atoms with E-state index in [0.717, 1.165) is 81.5 Å². The van der Waals surface area contributed by atoms with Gasteiger partial charge in [0.15, 0.2) is 11.5 Å². The van der Waals surface area contributed by atoms with Crippen molar-refractivity contribution in [3.8, 4) is 11.5 Å².